The summed E-state index contributed by atoms with van der Waals surface area (Å²) in [5, 5.41) is 10.9. The number of urea groups is 1. The fourth-order valence-electron chi connectivity index (χ4n) is 1.26. The zero-order valence-corrected chi connectivity index (χ0v) is 7.62. The van der Waals surface area contributed by atoms with E-state index in [0.29, 0.717) is 0 Å². The molecule has 0 bridgehead atoms. The Kier molecular flexibility index (Phi) is 3.11. The maximum atomic E-state index is 11.3. The van der Waals surface area contributed by atoms with E-state index in [4.69, 9.17) is 5.11 Å². The van der Waals surface area contributed by atoms with E-state index in [2.05, 4.69) is 5.32 Å². The molecule has 2 N–H and O–H groups in total. The van der Waals surface area contributed by atoms with E-state index < -0.39 is 12.0 Å². The molecule has 1 atom stereocenters. The van der Waals surface area contributed by atoms with Crippen LogP contribution in [0.1, 0.15) is 19.8 Å². The average Bonchev–Trinajstić information content (AvgIpc) is 2.55. The Morgan fingerprint density at radius 1 is 1.38 bits per heavy atom. The smallest absolute Gasteiger partial charge is 0.325 e. The standard InChI is InChI=1S/C8H14N2O3/c1-6(7(11)12)9-8(13)10-4-2-3-5-10/h6H,2-5H2,1H3,(H,9,13)(H,11,12)/t6-/m0/s1. The second-order valence-corrected chi connectivity index (χ2v) is 3.20. The van der Waals surface area contributed by atoms with Crippen molar-refractivity contribution < 1.29 is 14.7 Å². The fraction of sp³-hybridized carbons (Fsp3) is 0.750. The molecule has 0 saturated carbocycles. The molecule has 1 aliphatic heterocycles. The molecule has 1 rings (SSSR count). The summed E-state index contributed by atoms with van der Waals surface area (Å²) in [6.45, 7) is 2.92. The molecule has 5 heteroatoms. The van der Waals surface area contributed by atoms with Crippen molar-refractivity contribution in [3.05, 3.63) is 0 Å². The van der Waals surface area contributed by atoms with Crippen LogP contribution in [0.4, 0.5) is 4.79 Å². The molecular formula is C8H14N2O3. The van der Waals surface area contributed by atoms with Gasteiger partial charge in [0, 0.05) is 13.1 Å². The first-order chi connectivity index (χ1) is 6.11. The van der Waals surface area contributed by atoms with Gasteiger partial charge in [0.05, 0.1) is 0 Å². The molecule has 1 aliphatic rings. The van der Waals surface area contributed by atoms with Crippen LogP contribution in [0.15, 0.2) is 0 Å². The van der Waals surface area contributed by atoms with Crippen molar-refractivity contribution in [2.24, 2.45) is 0 Å². The van der Waals surface area contributed by atoms with E-state index in [1.165, 1.54) is 6.92 Å². The molecule has 1 fully saturated rings. The zero-order chi connectivity index (χ0) is 9.84. The van der Waals surface area contributed by atoms with Crippen LogP contribution in [0, 0.1) is 0 Å². The minimum Gasteiger partial charge on any atom is -0.480 e. The van der Waals surface area contributed by atoms with Crippen LogP contribution in [0.3, 0.4) is 0 Å². The Labute approximate surface area is 76.7 Å². The van der Waals surface area contributed by atoms with Crippen molar-refractivity contribution in [3.63, 3.8) is 0 Å². The topological polar surface area (TPSA) is 69.6 Å². The number of hydrogen-bond donors (Lipinski definition) is 2. The summed E-state index contributed by atoms with van der Waals surface area (Å²) in [5.74, 6) is -1.01. The Hall–Kier alpha value is -1.26. The Balaban J connectivity index is 2.35. The van der Waals surface area contributed by atoms with E-state index in [9.17, 15) is 9.59 Å². The second-order valence-electron chi connectivity index (χ2n) is 3.20. The maximum absolute atomic E-state index is 11.3. The molecule has 1 saturated heterocycles. The first kappa shape index (κ1) is 9.83. The van der Waals surface area contributed by atoms with Gasteiger partial charge in [0.25, 0.3) is 0 Å². The van der Waals surface area contributed by atoms with Crippen molar-refractivity contribution in [2.45, 2.75) is 25.8 Å². The quantitative estimate of drug-likeness (QED) is 0.650. The molecular weight excluding hydrogens is 172 g/mol. The molecule has 0 aliphatic carbocycles. The highest BCUT2D eigenvalue weighted by molar-refractivity contribution is 5.82. The molecule has 0 aromatic rings. The highest BCUT2D eigenvalue weighted by Crippen LogP contribution is 2.07. The van der Waals surface area contributed by atoms with Crippen LogP contribution in [0.2, 0.25) is 0 Å². The van der Waals surface area contributed by atoms with Gasteiger partial charge in [0.15, 0.2) is 0 Å². The van der Waals surface area contributed by atoms with Gasteiger partial charge in [-0.15, -0.1) is 0 Å². The van der Waals surface area contributed by atoms with Crippen LogP contribution < -0.4 is 5.32 Å². The average molecular weight is 186 g/mol. The van der Waals surface area contributed by atoms with Crippen LogP contribution in [-0.4, -0.2) is 41.1 Å². The predicted molar refractivity (Wildman–Crippen MR) is 46.4 cm³/mol. The molecule has 2 amide bonds. The summed E-state index contributed by atoms with van der Waals surface area (Å²) in [6, 6.07) is -1.08. The van der Waals surface area contributed by atoms with Crippen molar-refractivity contribution in [1.29, 1.82) is 0 Å². The van der Waals surface area contributed by atoms with Gasteiger partial charge in [-0.3, -0.25) is 4.79 Å². The van der Waals surface area contributed by atoms with E-state index in [1.54, 1.807) is 4.90 Å². The van der Waals surface area contributed by atoms with Crippen molar-refractivity contribution >= 4 is 12.0 Å². The van der Waals surface area contributed by atoms with Gasteiger partial charge >= 0.3 is 12.0 Å². The third kappa shape index (κ3) is 2.61. The molecule has 5 nitrogen and oxygen atoms in total. The minimum absolute atomic E-state index is 0.271. The van der Waals surface area contributed by atoms with Gasteiger partial charge in [-0.1, -0.05) is 0 Å². The van der Waals surface area contributed by atoms with Crippen molar-refractivity contribution in [2.75, 3.05) is 13.1 Å². The summed E-state index contributed by atoms with van der Waals surface area (Å²) in [4.78, 5) is 23.4. The van der Waals surface area contributed by atoms with Gasteiger partial charge in [-0.2, -0.15) is 0 Å². The molecule has 0 unspecified atom stereocenters. The van der Waals surface area contributed by atoms with Gasteiger partial charge in [0.2, 0.25) is 0 Å². The lowest BCUT2D eigenvalue weighted by Crippen LogP contribution is -2.45. The normalized spacial score (nSPS) is 18.4. The number of aliphatic carboxylic acids is 1. The third-order valence-electron chi connectivity index (χ3n) is 2.10. The van der Waals surface area contributed by atoms with Gasteiger partial charge < -0.3 is 15.3 Å². The SMILES string of the molecule is C[C@H](NC(=O)N1CCCC1)C(=O)O. The van der Waals surface area contributed by atoms with E-state index in [-0.39, 0.29) is 6.03 Å². The molecule has 1 heterocycles. The van der Waals surface area contributed by atoms with Crippen LogP contribution in [-0.2, 0) is 4.79 Å². The fourth-order valence-corrected chi connectivity index (χ4v) is 1.26. The number of nitrogens with zero attached hydrogens (tertiary/aromatic N) is 1. The summed E-state index contributed by atoms with van der Waals surface area (Å²) < 4.78 is 0. The number of carboxylic acids is 1. The first-order valence-corrected chi connectivity index (χ1v) is 4.39. The number of rotatable bonds is 2. The lowest BCUT2D eigenvalue weighted by Gasteiger charge is -2.17. The number of carbonyl (C=O) groups is 2. The summed E-state index contributed by atoms with van der Waals surface area (Å²) in [6.07, 6.45) is 2.02. The summed E-state index contributed by atoms with van der Waals surface area (Å²) in [5.41, 5.74) is 0. The molecule has 0 radical (unpaired) electrons. The summed E-state index contributed by atoms with van der Waals surface area (Å²) in [7, 11) is 0. The van der Waals surface area contributed by atoms with E-state index >= 15 is 0 Å². The lowest BCUT2D eigenvalue weighted by atomic mass is 10.3. The Bertz CT molecular complexity index is 211. The molecule has 13 heavy (non-hydrogen) atoms. The zero-order valence-electron chi connectivity index (χ0n) is 7.62. The largest absolute Gasteiger partial charge is 0.480 e. The van der Waals surface area contributed by atoms with Gasteiger partial charge in [-0.05, 0) is 19.8 Å². The number of hydrogen-bond acceptors (Lipinski definition) is 2. The van der Waals surface area contributed by atoms with Gasteiger partial charge in [-0.25, -0.2) is 4.79 Å². The number of carboxylic acid groups (broad SMARTS) is 1. The van der Waals surface area contributed by atoms with Crippen LogP contribution >= 0.6 is 0 Å². The first-order valence-electron chi connectivity index (χ1n) is 4.39. The second kappa shape index (κ2) is 4.11. The van der Waals surface area contributed by atoms with Crippen LogP contribution in [0.25, 0.3) is 0 Å². The molecule has 0 spiro atoms. The third-order valence-corrected chi connectivity index (χ3v) is 2.10. The highest BCUT2D eigenvalue weighted by atomic mass is 16.4. The van der Waals surface area contributed by atoms with Crippen LogP contribution in [0.5, 0.6) is 0 Å². The molecule has 0 aromatic carbocycles. The van der Waals surface area contributed by atoms with E-state index in [0.717, 1.165) is 25.9 Å². The van der Waals surface area contributed by atoms with E-state index in [1.807, 2.05) is 0 Å². The number of amides is 2. The Morgan fingerprint density at radius 2 is 1.92 bits per heavy atom. The predicted octanol–water partition coefficient (Wildman–Crippen LogP) is 0.265. The lowest BCUT2D eigenvalue weighted by molar-refractivity contribution is -0.138. The van der Waals surface area contributed by atoms with Crippen molar-refractivity contribution in [1.82, 2.24) is 10.2 Å². The van der Waals surface area contributed by atoms with Crippen molar-refractivity contribution in [3.8, 4) is 0 Å². The number of carbonyl (C=O) groups excluding carboxylic acids is 1. The van der Waals surface area contributed by atoms with Gasteiger partial charge in [0.1, 0.15) is 6.04 Å². The maximum Gasteiger partial charge on any atom is 0.325 e. The minimum atomic E-state index is -1.01. The summed E-state index contributed by atoms with van der Waals surface area (Å²) >= 11 is 0. The number of nitrogens with one attached hydrogen (secondary N) is 1. The monoisotopic (exact) mass is 186 g/mol. The highest BCUT2D eigenvalue weighted by Gasteiger charge is 2.21. The number of likely N-dealkylation sites (tertiary alicyclic amines) is 1. The molecule has 0 aromatic heterocycles. The molecule has 74 valence electrons. The Morgan fingerprint density at radius 3 is 2.38 bits per heavy atom.